The maximum atomic E-state index is 12.6. The first-order chi connectivity index (χ1) is 10.5. The highest BCUT2D eigenvalue weighted by atomic mass is 16.5. The van der Waals surface area contributed by atoms with Crippen LogP contribution in [0.5, 0.6) is 5.75 Å². The Morgan fingerprint density at radius 1 is 1.32 bits per heavy atom. The van der Waals surface area contributed by atoms with E-state index in [1.807, 2.05) is 18.2 Å². The lowest BCUT2D eigenvalue weighted by Gasteiger charge is -2.34. The molecule has 116 valence electrons. The lowest BCUT2D eigenvalue weighted by atomic mass is 9.74. The Hall–Kier alpha value is -2.23. The van der Waals surface area contributed by atoms with E-state index < -0.39 is 0 Å². The van der Waals surface area contributed by atoms with Crippen LogP contribution in [0, 0.1) is 5.41 Å². The molecule has 4 nitrogen and oxygen atoms in total. The summed E-state index contributed by atoms with van der Waals surface area (Å²) in [6.07, 6.45) is 3.49. The minimum atomic E-state index is -0.118. The summed E-state index contributed by atoms with van der Waals surface area (Å²) in [6, 6.07) is 9.19. The molecule has 0 fully saturated rings. The average molecular weight is 299 g/mol. The van der Waals surface area contributed by atoms with Crippen molar-refractivity contribution in [2.75, 3.05) is 7.11 Å². The van der Waals surface area contributed by atoms with Gasteiger partial charge in [0.2, 0.25) is 0 Å². The van der Waals surface area contributed by atoms with Crippen LogP contribution in [0.3, 0.4) is 0 Å². The number of nitrogens with one attached hydrogen (secondary N) is 1. The SMILES string of the molecule is COc1ccccc1C(=O)N[C@@H]1CC(C)(C)Cc2occc21. The minimum Gasteiger partial charge on any atom is -0.496 e. The molecule has 22 heavy (non-hydrogen) atoms. The van der Waals surface area contributed by atoms with Gasteiger partial charge in [-0.2, -0.15) is 0 Å². The molecule has 0 unspecified atom stereocenters. The fraction of sp³-hybridized carbons (Fsp3) is 0.389. The van der Waals surface area contributed by atoms with Crippen LogP contribution >= 0.6 is 0 Å². The van der Waals surface area contributed by atoms with E-state index in [4.69, 9.17) is 9.15 Å². The molecular formula is C18H21NO3. The summed E-state index contributed by atoms with van der Waals surface area (Å²) in [4.78, 5) is 12.6. The number of hydrogen-bond acceptors (Lipinski definition) is 3. The first-order valence-electron chi connectivity index (χ1n) is 7.50. The van der Waals surface area contributed by atoms with E-state index in [2.05, 4.69) is 19.2 Å². The van der Waals surface area contributed by atoms with Gasteiger partial charge >= 0.3 is 0 Å². The lowest BCUT2D eigenvalue weighted by molar-refractivity contribution is 0.0914. The highest BCUT2D eigenvalue weighted by molar-refractivity contribution is 5.97. The van der Waals surface area contributed by atoms with Crippen molar-refractivity contribution in [1.29, 1.82) is 0 Å². The van der Waals surface area contributed by atoms with Crippen LogP contribution in [0.15, 0.2) is 41.0 Å². The number of amides is 1. The monoisotopic (exact) mass is 299 g/mol. The third-order valence-corrected chi connectivity index (χ3v) is 4.21. The van der Waals surface area contributed by atoms with Gasteiger partial charge in [-0.05, 0) is 30.0 Å². The number of methoxy groups -OCH3 is 1. The van der Waals surface area contributed by atoms with Crippen molar-refractivity contribution >= 4 is 5.91 Å². The number of benzene rings is 1. The predicted molar refractivity (Wildman–Crippen MR) is 84.0 cm³/mol. The summed E-state index contributed by atoms with van der Waals surface area (Å²) in [7, 11) is 1.57. The van der Waals surface area contributed by atoms with Crippen LogP contribution < -0.4 is 10.1 Å². The molecule has 2 aromatic rings. The summed E-state index contributed by atoms with van der Waals surface area (Å²) in [5.74, 6) is 1.44. The summed E-state index contributed by atoms with van der Waals surface area (Å²) < 4.78 is 10.8. The number of ether oxygens (including phenoxy) is 1. The van der Waals surface area contributed by atoms with Crippen molar-refractivity contribution in [1.82, 2.24) is 5.32 Å². The molecule has 3 rings (SSSR count). The molecule has 1 amide bonds. The molecule has 0 aliphatic heterocycles. The van der Waals surface area contributed by atoms with Gasteiger partial charge in [0, 0.05) is 12.0 Å². The van der Waals surface area contributed by atoms with Gasteiger partial charge in [-0.15, -0.1) is 0 Å². The molecule has 1 aromatic heterocycles. The Bertz CT molecular complexity index is 687. The summed E-state index contributed by atoms with van der Waals surface area (Å²) in [5.41, 5.74) is 1.74. The van der Waals surface area contributed by atoms with Crippen molar-refractivity contribution in [3.63, 3.8) is 0 Å². The van der Waals surface area contributed by atoms with E-state index in [-0.39, 0.29) is 17.4 Å². The molecule has 0 saturated heterocycles. The van der Waals surface area contributed by atoms with Crippen LogP contribution in [0.25, 0.3) is 0 Å². The van der Waals surface area contributed by atoms with E-state index in [1.54, 1.807) is 25.5 Å². The molecule has 1 heterocycles. The molecule has 4 heteroatoms. The van der Waals surface area contributed by atoms with Gasteiger partial charge in [0.05, 0.1) is 25.0 Å². The Balaban J connectivity index is 1.86. The van der Waals surface area contributed by atoms with Crippen molar-refractivity contribution in [3.05, 3.63) is 53.5 Å². The van der Waals surface area contributed by atoms with Gasteiger partial charge in [0.1, 0.15) is 11.5 Å². The molecule has 0 radical (unpaired) electrons. The molecule has 0 spiro atoms. The number of furan rings is 1. The van der Waals surface area contributed by atoms with E-state index in [9.17, 15) is 4.79 Å². The van der Waals surface area contributed by atoms with E-state index in [0.717, 1.165) is 24.2 Å². The van der Waals surface area contributed by atoms with Gasteiger partial charge in [0.25, 0.3) is 5.91 Å². The topological polar surface area (TPSA) is 51.5 Å². The fourth-order valence-corrected chi connectivity index (χ4v) is 3.17. The normalized spacial score (nSPS) is 19.3. The van der Waals surface area contributed by atoms with Gasteiger partial charge in [-0.3, -0.25) is 4.79 Å². The fourth-order valence-electron chi connectivity index (χ4n) is 3.17. The first-order valence-corrected chi connectivity index (χ1v) is 7.50. The number of hydrogen-bond donors (Lipinski definition) is 1. The van der Waals surface area contributed by atoms with Gasteiger partial charge in [-0.1, -0.05) is 26.0 Å². The largest absolute Gasteiger partial charge is 0.496 e. The Morgan fingerprint density at radius 3 is 2.86 bits per heavy atom. The molecule has 0 saturated carbocycles. The highest BCUT2D eigenvalue weighted by Gasteiger charge is 2.35. The van der Waals surface area contributed by atoms with Crippen molar-refractivity contribution in [3.8, 4) is 5.75 Å². The average Bonchev–Trinajstić information content (AvgIpc) is 2.94. The van der Waals surface area contributed by atoms with Crippen LogP contribution in [0.4, 0.5) is 0 Å². The smallest absolute Gasteiger partial charge is 0.255 e. The molecule has 0 bridgehead atoms. The Morgan fingerprint density at radius 2 is 2.09 bits per heavy atom. The van der Waals surface area contributed by atoms with Crippen LogP contribution in [0.2, 0.25) is 0 Å². The van der Waals surface area contributed by atoms with E-state index >= 15 is 0 Å². The first kappa shape index (κ1) is 14.7. The van der Waals surface area contributed by atoms with Gasteiger partial charge in [0.15, 0.2) is 0 Å². The number of rotatable bonds is 3. The molecule has 1 aliphatic carbocycles. The maximum Gasteiger partial charge on any atom is 0.255 e. The number of carbonyl (C=O) groups is 1. The number of fused-ring (bicyclic) bond motifs is 1. The van der Waals surface area contributed by atoms with Gasteiger partial charge < -0.3 is 14.5 Å². The van der Waals surface area contributed by atoms with Crippen LogP contribution in [-0.4, -0.2) is 13.0 Å². The van der Waals surface area contributed by atoms with Crippen LogP contribution in [-0.2, 0) is 6.42 Å². The highest BCUT2D eigenvalue weighted by Crippen LogP contribution is 2.41. The third kappa shape index (κ3) is 2.73. The quantitative estimate of drug-likeness (QED) is 0.939. The maximum absolute atomic E-state index is 12.6. The standard InChI is InChI=1S/C18H21NO3/c1-18(2)10-14(12-8-9-22-16(12)11-18)19-17(20)13-6-4-5-7-15(13)21-3/h4-9,14H,10-11H2,1-3H3,(H,19,20)/t14-/m1/s1. The van der Waals surface area contributed by atoms with Crippen molar-refractivity contribution < 1.29 is 13.9 Å². The zero-order chi connectivity index (χ0) is 15.7. The molecular weight excluding hydrogens is 278 g/mol. The molecule has 1 aromatic carbocycles. The summed E-state index contributed by atoms with van der Waals surface area (Å²) in [6.45, 7) is 4.39. The number of carbonyl (C=O) groups excluding carboxylic acids is 1. The second-order valence-corrected chi connectivity index (χ2v) is 6.57. The third-order valence-electron chi connectivity index (χ3n) is 4.21. The molecule has 1 atom stereocenters. The second kappa shape index (κ2) is 5.52. The second-order valence-electron chi connectivity index (χ2n) is 6.57. The zero-order valence-corrected chi connectivity index (χ0v) is 13.2. The van der Waals surface area contributed by atoms with Crippen molar-refractivity contribution in [2.45, 2.75) is 32.7 Å². The van der Waals surface area contributed by atoms with Crippen LogP contribution in [0.1, 0.15) is 48.0 Å². The van der Waals surface area contributed by atoms with Gasteiger partial charge in [-0.25, -0.2) is 0 Å². The zero-order valence-electron chi connectivity index (χ0n) is 13.2. The lowest BCUT2D eigenvalue weighted by Crippen LogP contribution is -2.36. The van der Waals surface area contributed by atoms with E-state index in [1.165, 1.54) is 0 Å². The molecule has 1 N–H and O–H groups in total. The summed E-state index contributed by atoms with van der Waals surface area (Å²) >= 11 is 0. The Kier molecular flexibility index (Phi) is 3.69. The van der Waals surface area contributed by atoms with Crippen molar-refractivity contribution in [2.24, 2.45) is 5.41 Å². The van der Waals surface area contributed by atoms with E-state index in [0.29, 0.717) is 11.3 Å². The number of para-hydroxylation sites is 1. The Labute approximate surface area is 130 Å². The predicted octanol–water partition coefficient (Wildman–Crippen LogP) is 3.73. The summed E-state index contributed by atoms with van der Waals surface area (Å²) in [5, 5.41) is 3.13. The minimum absolute atomic E-state index is 0.0325. The molecule has 1 aliphatic rings.